The van der Waals surface area contributed by atoms with E-state index in [0.717, 1.165) is 19.5 Å². The molecule has 0 saturated carbocycles. The second-order valence-electron chi connectivity index (χ2n) is 2.49. The van der Waals surface area contributed by atoms with Crippen LogP contribution in [0.15, 0.2) is 9.98 Å². The largest absolute Gasteiger partial charge is 0.370 e. The van der Waals surface area contributed by atoms with Gasteiger partial charge in [-0.25, -0.2) is 0 Å². The molecule has 0 unspecified atom stereocenters. The molecule has 0 spiro atoms. The lowest BCUT2D eigenvalue weighted by Gasteiger charge is -2.21. The van der Waals surface area contributed by atoms with E-state index < -0.39 is 0 Å². The fourth-order valence-corrected chi connectivity index (χ4v) is 0.944. The number of aliphatic imine (C=N–C) groups is 2. The average Bonchev–Trinajstić information content (AvgIpc) is 1.93. The topological polar surface area (TPSA) is 80.0 Å². The van der Waals surface area contributed by atoms with E-state index in [0.29, 0.717) is 5.96 Å². The van der Waals surface area contributed by atoms with Crippen LogP contribution in [0, 0.1) is 0 Å². The van der Waals surface area contributed by atoms with E-state index >= 15 is 0 Å². The van der Waals surface area contributed by atoms with Crippen LogP contribution in [0.3, 0.4) is 0 Å². The fraction of sp³-hybridized carbons (Fsp3) is 0.667. The van der Waals surface area contributed by atoms with E-state index in [4.69, 9.17) is 11.5 Å². The molecule has 5 nitrogen and oxygen atoms in total. The van der Waals surface area contributed by atoms with Crippen LogP contribution in [0.5, 0.6) is 0 Å². The third-order valence-corrected chi connectivity index (χ3v) is 1.48. The molecule has 0 aromatic carbocycles. The zero-order valence-corrected chi connectivity index (χ0v) is 6.62. The number of nitrogens with two attached hydrogens (primary N) is 2. The number of hydrogen-bond donors (Lipinski definition) is 2. The highest BCUT2D eigenvalue weighted by Crippen LogP contribution is 1.99. The molecule has 11 heavy (non-hydrogen) atoms. The van der Waals surface area contributed by atoms with Crippen LogP contribution < -0.4 is 11.5 Å². The molecule has 0 radical (unpaired) electrons. The minimum Gasteiger partial charge on any atom is -0.370 e. The van der Waals surface area contributed by atoms with Crippen LogP contribution in [-0.2, 0) is 0 Å². The quantitative estimate of drug-likeness (QED) is 0.346. The van der Waals surface area contributed by atoms with Crippen LogP contribution in [0.2, 0.25) is 0 Å². The molecular formula is C6H13N5. The first kappa shape index (κ1) is 7.84. The van der Waals surface area contributed by atoms with E-state index in [2.05, 4.69) is 9.98 Å². The highest BCUT2D eigenvalue weighted by molar-refractivity contribution is 5.93. The van der Waals surface area contributed by atoms with Gasteiger partial charge < -0.3 is 16.4 Å². The molecular weight excluding hydrogens is 142 g/mol. The molecule has 0 aromatic heterocycles. The van der Waals surface area contributed by atoms with Crippen molar-refractivity contribution in [2.24, 2.45) is 21.5 Å². The number of hydrogen-bond acceptors (Lipinski definition) is 3. The Kier molecular flexibility index (Phi) is 2.30. The zero-order valence-electron chi connectivity index (χ0n) is 6.62. The molecule has 0 aliphatic carbocycles. The van der Waals surface area contributed by atoms with E-state index in [1.165, 1.54) is 0 Å². The van der Waals surface area contributed by atoms with Crippen molar-refractivity contribution in [1.29, 1.82) is 0 Å². The van der Waals surface area contributed by atoms with E-state index in [-0.39, 0.29) is 5.96 Å². The summed E-state index contributed by atoms with van der Waals surface area (Å²) in [6.45, 7) is 1.78. The van der Waals surface area contributed by atoms with Crippen LogP contribution in [-0.4, -0.2) is 37.0 Å². The van der Waals surface area contributed by atoms with Gasteiger partial charge in [-0.15, -0.1) is 0 Å². The molecule has 0 fully saturated rings. The third-order valence-electron chi connectivity index (χ3n) is 1.48. The van der Waals surface area contributed by atoms with Gasteiger partial charge in [-0.2, -0.15) is 4.99 Å². The van der Waals surface area contributed by atoms with Crippen LogP contribution in [0.4, 0.5) is 0 Å². The van der Waals surface area contributed by atoms with Crippen molar-refractivity contribution in [3.8, 4) is 0 Å². The molecule has 0 aromatic rings. The summed E-state index contributed by atoms with van der Waals surface area (Å²) in [5, 5.41) is 0. The monoisotopic (exact) mass is 155 g/mol. The Morgan fingerprint density at radius 3 is 2.91 bits per heavy atom. The summed E-state index contributed by atoms with van der Waals surface area (Å²) in [4.78, 5) is 9.94. The minimum atomic E-state index is 0.0671. The average molecular weight is 155 g/mol. The third kappa shape index (κ3) is 2.10. The summed E-state index contributed by atoms with van der Waals surface area (Å²) in [5.41, 5.74) is 10.4. The summed E-state index contributed by atoms with van der Waals surface area (Å²) < 4.78 is 0. The summed E-state index contributed by atoms with van der Waals surface area (Å²) >= 11 is 0. The first-order chi connectivity index (χ1) is 5.20. The highest BCUT2D eigenvalue weighted by atomic mass is 15.3. The Morgan fingerprint density at radius 2 is 2.36 bits per heavy atom. The Balaban J connectivity index is 2.68. The predicted molar refractivity (Wildman–Crippen MR) is 45.4 cm³/mol. The maximum Gasteiger partial charge on any atom is 0.223 e. The fourth-order valence-electron chi connectivity index (χ4n) is 0.944. The molecule has 1 heterocycles. The SMILES string of the molecule is CN1CCCN=C1N=C(N)N. The van der Waals surface area contributed by atoms with Crippen molar-refractivity contribution in [1.82, 2.24) is 4.90 Å². The zero-order chi connectivity index (χ0) is 8.27. The van der Waals surface area contributed by atoms with Crippen molar-refractivity contribution in [2.45, 2.75) is 6.42 Å². The molecule has 5 heteroatoms. The normalized spacial score (nSPS) is 17.5. The molecule has 0 saturated heterocycles. The second-order valence-corrected chi connectivity index (χ2v) is 2.49. The van der Waals surface area contributed by atoms with E-state index in [1.54, 1.807) is 0 Å². The van der Waals surface area contributed by atoms with Crippen molar-refractivity contribution in [3.05, 3.63) is 0 Å². The van der Waals surface area contributed by atoms with Crippen molar-refractivity contribution in [2.75, 3.05) is 20.1 Å². The Hall–Kier alpha value is -1.26. The highest BCUT2D eigenvalue weighted by Gasteiger charge is 2.08. The van der Waals surface area contributed by atoms with Gasteiger partial charge >= 0.3 is 0 Å². The van der Waals surface area contributed by atoms with Crippen molar-refractivity contribution < 1.29 is 0 Å². The maximum atomic E-state index is 5.21. The second kappa shape index (κ2) is 3.23. The molecule has 0 atom stereocenters. The van der Waals surface area contributed by atoms with Gasteiger partial charge in [0.05, 0.1) is 0 Å². The summed E-state index contributed by atoms with van der Waals surface area (Å²) in [7, 11) is 1.92. The molecule has 0 amide bonds. The molecule has 1 aliphatic rings. The summed E-state index contributed by atoms with van der Waals surface area (Å²) in [6, 6.07) is 0. The van der Waals surface area contributed by atoms with Gasteiger partial charge in [-0.3, -0.25) is 4.99 Å². The number of rotatable bonds is 0. The van der Waals surface area contributed by atoms with Gasteiger partial charge in [0.2, 0.25) is 5.96 Å². The van der Waals surface area contributed by atoms with Gasteiger partial charge in [0.1, 0.15) is 0 Å². The van der Waals surface area contributed by atoms with Gasteiger partial charge in [0.15, 0.2) is 5.96 Å². The molecule has 0 bridgehead atoms. The molecule has 1 rings (SSSR count). The number of nitrogens with zero attached hydrogens (tertiary/aromatic N) is 3. The predicted octanol–water partition coefficient (Wildman–Crippen LogP) is -1.05. The van der Waals surface area contributed by atoms with Crippen LogP contribution in [0.1, 0.15) is 6.42 Å². The molecule has 4 N–H and O–H groups in total. The first-order valence-electron chi connectivity index (χ1n) is 3.55. The molecule has 1 aliphatic heterocycles. The minimum absolute atomic E-state index is 0.0671. The van der Waals surface area contributed by atoms with Gasteiger partial charge in [0, 0.05) is 20.1 Å². The van der Waals surface area contributed by atoms with Crippen molar-refractivity contribution in [3.63, 3.8) is 0 Å². The Morgan fingerprint density at radius 1 is 1.64 bits per heavy atom. The van der Waals surface area contributed by atoms with E-state index in [9.17, 15) is 0 Å². The van der Waals surface area contributed by atoms with Gasteiger partial charge in [-0.05, 0) is 6.42 Å². The van der Waals surface area contributed by atoms with Crippen LogP contribution in [0.25, 0.3) is 0 Å². The number of guanidine groups is 2. The van der Waals surface area contributed by atoms with Crippen LogP contribution >= 0.6 is 0 Å². The summed E-state index contributed by atoms with van der Waals surface area (Å²) in [5.74, 6) is 0.703. The molecule has 62 valence electrons. The standard InChI is InChI=1S/C6H13N5/c1-11-4-2-3-9-6(11)10-5(7)8/h2-4H2,1H3,(H4,7,8,9,10). The lowest BCUT2D eigenvalue weighted by Crippen LogP contribution is -2.34. The Labute approximate surface area is 65.8 Å². The van der Waals surface area contributed by atoms with Gasteiger partial charge in [0.25, 0.3) is 0 Å². The van der Waals surface area contributed by atoms with E-state index in [1.807, 2.05) is 11.9 Å². The van der Waals surface area contributed by atoms with Crippen molar-refractivity contribution >= 4 is 11.9 Å². The first-order valence-corrected chi connectivity index (χ1v) is 3.55. The smallest absolute Gasteiger partial charge is 0.223 e. The lowest BCUT2D eigenvalue weighted by molar-refractivity contribution is 0.462. The summed E-state index contributed by atoms with van der Waals surface area (Å²) in [6.07, 6.45) is 1.07. The Bertz CT molecular complexity index is 191. The maximum absolute atomic E-state index is 5.21. The lowest BCUT2D eigenvalue weighted by atomic mass is 10.4. The van der Waals surface area contributed by atoms with Gasteiger partial charge in [-0.1, -0.05) is 0 Å².